The van der Waals surface area contributed by atoms with Gasteiger partial charge in [-0.2, -0.15) is 0 Å². The number of hydrogen-bond donors (Lipinski definition) is 1. The van der Waals surface area contributed by atoms with Gasteiger partial charge in [-0.25, -0.2) is 4.39 Å². The number of thiocarbonyl (C=S) groups is 1. The first-order chi connectivity index (χ1) is 12.1. The number of halogens is 2. The summed E-state index contributed by atoms with van der Waals surface area (Å²) < 4.78 is 19.1. The largest absolute Gasteiger partial charge is 0.376 e. The van der Waals surface area contributed by atoms with Crippen molar-refractivity contribution in [3.8, 4) is 0 Å². The minimum Gasteiger partial charge on any atom is -0.376 e. The molecule has 0 amide bonds. The standard InChI is InChI=1S/C18H19ClFN3OS/c19-16-10-14(3-4-17(16)20)22-18(25)23(12-15-2-1-9-24-15)11-13-5-7-21-8-6-13/h3-8,10,15H,1-2,9,11-12H2,(H,22,25). The molecule has 2 heterocycles. The van der Waals surface area contributed by atoms with Crippen molar-refractivity contribution in [1.29, 1.82) is 0 Å². The zero-order valence-electron chi connectivity index (χ0n) is 13.6. The third-order valence-electron chi connectivity index (χ3n) is 4.03. The van der Waals surface area contributed by atoms with Gasteiger partial charge in [0.05, 0.1) is 11.1 Å². The molecule has 7 heteroatoms. The second-order valence-corrected chi connectivity index (χ2v) is 6.72. The van der Waals surface area contributed by atoms with Crippen LogP contribution in [0.2, 0.25) is 5.02 Å². The molecular formula is C18H19ClFN3OS. The van der Waals surface area contributed by atoms with Crippen molar-refractivity contribution in [1.82, 2.24) is 9.88 Å². The second kappa shape index (κ2) is 8.56. The topological polar surface area (TPSA) is 37.4 Å². The summed E-state index contributed by atoms with van der Waals surface area (Å²) in [4.78, 5) is 6.10. The van der Waals surface area contributed by atoms with Gasteiger partial charge in [-0.1, -0.05) is 11.6 Å². The Hall–Kier alpha value is -1.76. The van der Waals surface area contributed by atoms with Gasteiger partial charge in [0.25, 0.3) is 0 Å². The van der Waals surface area contributed by atoms with Gasteiger partial charge in [-0.05, 0) is 61.0 Å². The lowest BCUT2D eigenvalue weighted by molar-refractivity contribution is 0.0905. The van der Waals surface area contributed by atoms with Gasteiger partial charge >= 0.3 is 0 Å². The summed E-state index contributed by atoms with van der Waals surface area (Å²) in [7, 11) is 0. The number of ether oxygens (including phenoxy) is 1. The molecule has 1 aliphatic heterocycles. The van der Waals surface area contributed by atoms with E-state index in [1.54, 1.807) is 18.5 Å². The van der Waals surface area contributed by atoms with E-state index in [4.69, 9.17) is 28.6 Å². The normalized spacial score (nSPS) is 16.6. The highest BCUT2D eigenvalue weighted by atomic mass is 35.5. The number of anilines is 1. The van der Waals surface area contributed by atoms with E-state index in [1.165, 1.54) is 12.1 Å². The summed E-state index contributed by atoms with van der Waals surface area (Å²) in [6, 6.07) is 8.38. The highest BCUT2D eigenvalue weighted by molar-refractivity contribution is 7.80. The van der Waals surface area contributed by atoms with E-state index in [2.05, 4.69) is 15.2 Å². The molecule has 1 unspecified atom stereocenters. The van der Waals surface area contributed by atoms with Crippen LogP contribution in [0.3, 0.4) is 0 Å². The number of pyridine rings is 1. The van der Waals surface area contributed by atoms with Gasteiger partial charge in [0.1, 0.15) is 5.82 Å². The summed E-state index contributed by atoms with van der Waals surface area (Å²) in [5.41, 5.74) is 1.76. The molecule has 4 nitrogen and oxygen atoms in total. The van der Waals surface area contributed by atoms with Crippen LogP contribution < -0.4 is 5.32 Å². The Morgan fingerprint density at radius 2 is 2.16 bits per heavy atom. The molecule has 1 aliphatic rings. The number of benzene rings is 1. The van der Waals surface area contributed by atoms with E-state index in [-0.39, 0.29) is 11.1 Å². The van der Waals surface area contributed by atoms with Crippen LogP contribution in [0.25, 0.3) is 0 Å². The molecule has 1 fully saturated rings. The van der Waals surface area contributed by atoms with Gasteiger partial charge in [-0.15, -0.1) is 0 Å². The van der Waals surface area contributed by atoms with Crippen LogP contribution in [0.1, 0.15) is 18.4 Å². The van der Waals surface area contributed by atoms with E-state index in [0.29, 0.717) is 23.9 Å². The fraction of sp³-hybridized carbons (Fsp3) is 0.333. The minimum absolute atomic E-state index is 0.0626. The quantitative estimate of drug-likeness (QED) is 0.786. The molecule has 0 radical (unpaired) electrons. The second-order valence-electron chi connectivity index (χ2n) is 5.93. The van der Waals surface area contributed by atoms with E-state index in [1.807, 2.05) is 12.1 Å². The Morgan fingerprint density at radius 1 is 1.36 bits per heavy atom. The van der Waals surface area contributed by atoms with E-state index >= 15 is 0 Å². The van der Waals surface area contributed by atoms with Gasteiger partial charge in [0, 0.05) is 37.8 Å². The third-order valence-corrected chi connectivity index (χ3v) is 4.68. The van der Waals surface area contributed by atoms with Crippen LogP contribution in [-0.2, 0) is 11.3 Å². The fourth-order valence-electron chi connectivity index (χ4n) is 2.74. The summed E-state index contributed by atoms with van der Waals surface area (Å²) >= 11 is 11.4. The number of hydrogen-bond acceptors (Lipinski definition) is 3. The van der Waals surface area contributed by atoms with E-state index in [9.17, 15) is 4.39 Å². The summed E-state index contributed by atoms with van der Waals surface area (Å²) in [5.74, 6) is -0.453. The van der Waals surface area contributed by atoms with Crippen molar-refractivity contribution in [3.63, 3.8) is 0 Å². The van der Waals surface area contributed by atoms with Gasteiger partial charge in [0.15, 0.2) is 5.11 Å². The molecule has 2 aromatic rings. The maximum Gasteiger partial charge on any atom is 0.173 e. The van der Waals surface area contributed by atoms with Crippen molar-refractivity contribution < 1.29 is 9.13 Å². The van der Waals surface area contributed by atoms with E-state index in [0.717, 1.165) is 25.0 Å². The molecule has 1 aromatic heterocycles. The Kier molecular flexibility index (Phi) is 6.18. The SMILES string of the molecule is Fc1ccc(NC(=S)N(Cc2ccncc2)CC2CCCO2)cc1Cl. The van der Waals surface area contributed by atoms with Crippen LogP contribution in [-0.4, -0.2) is 34.3 Å². The van der Waals surface area contributed by atoms with Crippen molar-refractivity contribution in [2.24, 2.45) is 0 Å². The minimum atomic E-state index is -0.453. The number of aromatic nitrogens is 1. The monoisotopic (exact) mass is 379 g/mol. The molecule has 0 spiro atoms. The van der Waals surface area contributed by atoms with Crippen molar-refractivity contribution in [2.75, 3.05) is 18.5 Å². The lowest BCUT2D eigenvalue weighted by Gasteiger charge is -2.28. The average Bonchev–Trinajstić information content (AvgIpc) is 3.12. The van der Waals surface area contributed by atoms with Crippen LogP contribution in [0.15, 0.2) is 42.7 Å². The molecular weight excluding hydrogens is 361 g/mol. The Balaban J connectivity index is 1.72. The highest BCUT2D eigenvalue weighted by Crippen LogP contribution is 2.21. The van der Waals surface area contributed by atoms with Crippen molar-refractivity contribution in [3.05, 3.63) is 59.1 Å². The molecule has 3 rings (SSSR count). The predicted molar refractivity (Wildman–Crippen MR) is 101 cm³/mol. The number of nitrogens with one attached hydrogen (secondary N) is 1. The summed E-state index contributed by atoms with van der Waals surface area (Å²) in [5, 5.41) is 3.75. The van der Waals surface area contributed by atoms with Crippen LogP contribution in [0.4, 0.5) is 10.1 Å². The molecule has 0 saturated carbocycles. The Labute approximate surface area is 157 Å². The summed E-state index contributed by atoms with van der Waals surface area (Å²) in [6.45, 7) is 2.13. The number of rotatable bonds is 5. The lowest BCUT2D eigenvalue weighted by atomic mass is 10.2. The van der Waals surface area contributed by atoms with Gasteiger partial charge in [0.2, 0.25) is 0 Å². The van der Waals surface area contributed by atoms with Crippen LogP contribution in [0.5, 0.6) is 0 Å². The first-order valence-corrected chi connectivity index (χ1v) is 8.92. The average molecular weight is 380 g/mol. The molecule has 1 atom stereocenters. The molecule has 0 aliphatic carbocycles. The Bertz CT molecular complexity index is 726. The van der Waals surface area contributed by atoms with Gasteiger partial charge < -0.3 is 15.0 Å². The molecule has 1 saturated heterocycles. The first kappa shape index (κ1) is 18.0. The van der Waals surface area contributed by atoms with E-state index < -0.39 is 5.82 Å². The van der Waals surface area contributed by atoms with Crippen molar-refractivity contribution >= 4 is 34.6 Å². The predicted octanol–water partition coefficient (Wildman–Crippen LogP) is 4.25. The fourth-order valence-corrected chi connectivity index (χ4v) is 3.18. The maximum atomic E-state index is 13.3. The first-order valence-electron chi connectivity index (χ1n) is 8.13. The van der Waals surface area contributed by atoms with Crippen LogP contribution >= 0.6 is 23.8 Å². The number of nitrogens with zero attached hydrogens (tertiary/aromatic N) is 2. The molecule has 132 valence electrons. The molecule has 0 bridgehead atoms. The zero-order chi connectivity index (χ0) is 17.6. The van der Waals surface area contributed by atoms with Gasteiger partial charge in [-0.3, -0.25) is 4.98 Å². The molecule has 1 N–H and O–H groups in total. The Morgan fingerprint density at radius 3 is 2.84 bits per heavy atom. The third kappa shape index (κ3) is 5.11. The van der Waals surface area contributed by atoms with Crippen molar-refractivity contribution in [2.45, 2.75) is 25.5 Å². The van der Waals surface area contributed by atoms with Crippen LogP contribution in [0, 0.1) is 5.82 Å². The lowest BCUT2D eigenvalue weighted by Crippen LogP contribution is -2.39. The zero-order valence-corrected chi connectivity index (χ0v) is 15.2. The molecule has 1 aromatic carbocycles. The highest BCUT2D eigenvalue weighted by Gasteiger charge is 2.21. The molecule has 25 heavy (non-hydrogen) atoms. The maximum absolute atomic E-state index is 13.3. The summed E-state index contributed by atoms with van der Waals surface area (Å²) in [6.07, 6.45) is 5.78. The smallest absolute Gasteiger partial charge is 0.173 e.